The summed E-state index contributed by atoms with van der Waals surface area (Å²) in [5.41, 5.74) is 9.47. The Labute approximate surface area is 196 Å². The minimum Gasteiger partial charge on any atom is -0.491 e. The van der Waals surface area contributed by atoms with Crippen LogP contribution < -0.4 is 15.2 Å². The molecule has 1 fully saturated rings. The third-order valence-corrected chi connectivity index (χ3v) is 6.76. The molecule has 2 atom stereocenters. The van der Waals surface area contributed by atoms with Gasteiger partial charge in [-0.15, -0.1) is 0 Å². The maximum atomic E-state index is 12.5. The van der Waals surface area contributed by atoms with Crippen molar-refractivity contribution < 1.29 is 19.4 Å². The van der Waals surface area contributed by atoms with Gasteiger partial charge in [0.2, 0.25) is 0 Å². The summed E-state index contributed by atoms with van der Waals surface area (Å²) in [6.07, 6.45) is 7.37. The van der Waals surface area contributed by atoms with Crippen LogP contribution in [0.1, 0.15) is 49.7 Å². The Hall–Kier alpha value is -2.73. The molecule has 0 aromatic heterocycles. The zero-order valence-electron chi connectivity index (χ0n) is 19.4. The van der Waals surface area contributed by atoms with Gasteiger partial charge in [0.25, 0.3) is 5.91 Å². The molecule has 33 heavy (non-hydrogen) atoms. The Morgan fingerprint density at radius 1 is 1.06 bits per heavy atom. The lowest BCUT2D eigenvalue weighted by Gasteiger charge is -2.26. The number of anilines is 1. The number of aliphatic hydroxyl groups is 1. The number of hydrogen-bond acceptors (Lipinski definition) is 5. The second-order valence-corrected chi connectivity index (χ2v) is 9.36. The summed E-state index contributed by atoms with van der Waals surface area (Å²) < 4.78 is 11.6. The molecule has 6 nitrogen and oxygen atoms in total. The molecular weight excluding hydrogens is 416 g/mol. The van der Waals surface area contributed by atoms with E-state index in [0.717, 1.165) is 63.1 Å². The van der Waals surface area contributed by atoms with E-state index in [1.165, 1.54) is 17.5 Å². The highest BCUT2D eigenvalue weighted by molar-refractivity contribution is 5.78. The summed E-state index contributed by atoms with van der Waals surface area (Å²) in [6, 6.07) is 13.5. The van der Waals surface area contributed by atoms with Gasteiger partial charge in [-0.3, -0.25) is 4.79 Å². The predicted octanol–water partition coefficient (Wildman–Crippen LogP) is 3.99. The standard InChI is InChI=1S/C27H36N2O4/c28-26-17-24(33-19-27(31)29-12-5-2-6-13-29)16-21-14-20(8-7-11-25(21)26)15-22(30)18-32-23-9-3-1-4-10-23/h1,3-4,9-10,16-17,20,22,30H,2,5-8,11-15,18-19,28H2/t20?,22-/m0/s1. The first-order valence-corrected chi connectivity index (χ1v) is 12.3. The van der Waals surface area contributed by atoms with Crippen molar-refractivity contribution in [3.8, 4) is 11.5 Å². The third-order valence-electron chi connectivity index (χ3n) is 6.76. The molecule has 1 saturated heterocycles. The average molecular weight is 453 g/mol. The van der Waals surface area contributed by atoms with Gasteiger partial charge in [-0.25, -0.2) is 0 Å². The lowest BCUT2D eigenvalue weighted by Crippen LogP contribution is -2.38. The molecule has 0 bridgehead atoms. The van der Waals surface area contributed by atoms with E-state index >= 15 is 0 Å². The Morgan fingerprint density at radius 3 is 2.64 bits per heavy atom. The van der Waals surface area contributed by atoms with Crippen LogP contribution in [-0.4, -0.2) is 48.3 Å². The fraction of sp³-hybridized carbons (Fsp3) is 0.519. The molecule has 2 aliphatic rings. The van der Waals surface area contributed by atoms with Gasteiger partial charge < -0.3 is 25.2 Å². The van der Waals surface area contributed by atoms with Crippen LogP contribution in [0.4, 0.5) is 5.69 Å². The number of carbonyl (C=O) groups excluding carboxylic acids is 1. The highest BCUT2D eigenvalue weighted by Gasteiger charge is 2.23. The van der Waals surface area contributed by atoms with Gasteiger partial charge in [0, 0.05) is 24.8 Å². The molecule has 0 radical (unpaired) electrons. The Kier molecular flexibility index (Phi) is 8.10. The van der Waals surface area contributed by atoms with Crippen LogP contribution in [0.5, 0.6) is 11.5 Å². The number of piperidine rings is 1. The van der Waals surface area contributed by atoms with Crippen molar-refractivity contribution >= 4 is 11.6 Å². The van der Waals surface area contributed by atoms with Crippen molar-refractivity contribution in [2.75, 3.05) is 32.0 Å². The van der Waals surface area contributed by atoms with Crippen LogP contribution in [0.2, 0.25) is 0 Å². The highest BCUT2D eigenvalue weighted by Crippen LogP contribution is 2.34. The predicted molar refractivity (Wildman–Crippen MR) is 129 cm³/mol. The van der Waals surface area contributed by atoms with Crippen molar-refractivity contribution in [3.05, 3.63) is 53.6 Å². The first-order chi connectivity index (χ1) is 16.1. The van der Waals surface area contributed by atoms with E-state index in [1.54, 1.807) is 0 Å². The largest absolute Gasteiger partial charge is 0.491 e. The van der Waals surface area contributed by atoms with Crippen LogP contribution in [-0.2, 0) is 17.6 Å². The number of carbonyl (C=O) groups is 1. The van der Waals surface area contributed by atoms with Gasteiger partial charge in [-0.2, -0.15) is 0 Å². The molecule has 6 heteroatoms. The van der Waals surface area contributed by atoms with Gasteiger partial charge in [0.05, 0.1) is 6.10 Å². The maximum absolute atomic E-state index is 12.5. The van der Waals surface area contributed by atoms with Crippen molar-refractivity contribution in [3.63, 3.8) is 0 Å². The van der Waals surface area contributed by atoms with Crippen LogP contribution in [0, 0.1) is 5.92 Å². The smallest absolute Gasteiger partial charge is 0.260 e. The normalized spacial score (nSPS) is 19.3. The van der Waals surface area contributed by atoms with Crippen LogP contribution >= 0.6 is 0 Å². The zero-order valence-corrected chi connectivity index (χ0v) is 19.4. The maximum Gasteiger partial charge on any atom is 0.260 e. The second-order valence-electron chi connectivity index (χ2n) is 9.36. The van der Waals surface area contributed by atoms with E-state index < -0.39 is 6.10 Å². The number of nitrogen functional groups attached to an aromatic ring is 1. The summed E-state index contributed by atoms with van der Waals surface area (Å²) in [7, 11) is 0. The average Bonchev–Trinajstić information content (AvgIpc) is 3.04. The Balaban J connectivity index is 1.34. The number of aliphatic hydroxyl groups excluding tert-OH is 1. The molecule has 2 aromatic rings. The molecule has 0 spiro atoms. The number of likely N-dealkylation sites (tertiary alicyclic amines) is 1. The molecule has 1 unspecified atom stereocenters. The lowest BCUT2D eigenvalue weighted by atomic mass is 9.91. The summed E-state index contributed by atoms with van der Waals surface area (Å²) in [6.45, 7) is 1.99. The third kappa shape index (κ3) is 6.64. The van der Waals surface area contributed by atoms with Crippen molar-refractivity contribution in [1.29, 1.82) is 0 Å². The van der Waals surface area contributed by atoms with Crippen LogP contribution in [0.25, 0.3) is 0 Å². The fourth-order valence-electron chi connectivity index (χ4n) is 5.02. The highest BCUT2D eigenvalue weighted by atomic mass is 16.5. The number of nitrogens with two attached hydrogens (primary N) is 1. The van der Waals surface area contributed by atoms with Crippen molar-refractivity contribution in [2.45, 2.75) is 57.5 Å². The summed E-state index contributed by atoms with van der Waals surface area (Å²) in [5, 5.41) is 10.6. The minimum absolute atomic E-state index is 0.0441. The number of rotatable bonds is 8. The lowest BCUT2D eigenvalue weighted by molar-refractivity contribution is -0.134. The number of hydrogen-bond donors (Lipinski definition) is 2. The van der Waals surface area contributed by atoms with Gasteiger partial charge in [-0.1, -0.05) is 18.2 Å². The quantitative estimate of drug-likeness (QED) is 0.467. The molecular formula is C27H36N2O4. The van der Waals surface area contributed by atoms with E-state index in [4.69, 9.17) is 15.2 Å². The minimum atomic E-state index is -0.518. The Morgan fingerprint density at radius 2 is 1.85 bits per heavy atom. The van der Waals surface area contributed by atoms with Gasteiger partial charge in [0.15, 0.2) is 6.61 Å². The first-order valence-electron chi connectivity index (χ1n) is 12.3. The molecule has 1 aliphatic heterocycles. The number of amides is 1. The molecule has 1 aliphatic carbocycles. The number of fused-ring (bicyclic) bond motifs is 1. The molecule has 2 aromatic carbocycles. The fourth-order valence-corrected chi connectivity index (χ4v) is 5.02. The SMILES string of the molecule is Nc1cc(OCC(=O)N2CCCCC2)cc2c1CCCC(C[C@H](O)COc1ccccc1)C2. The van der Waals surface area contributed by atoms with Crippen molar-refractivity contribution in [2.24, 2.45) is 5.92 Å². The van der Waals surface area contributed by atoms with Gasteiger partial charge >= 0.3 is 0 Å². The summed E-state index contributed by atoms with van der Waals surface area (Å²) in [4.78, 5) is 14.4. The summed E-state index contributed by atoms with van der Waals surface area (Å²) >= 11 is 0. The second kappa shape index (κ2) is 11.4. The van der Waals surface area contributed by atoms with E-state index in [0.29, 0.717) is 18.1 Å². The molecule has 4 rings (SSSR count). The number of nitrogens with zero attached hydrogens (tertiary/aromatic N) is 1. The van der Waals surface area contributed by atoms with Gasteiger partial charge in [-0.05, 0) is 86.6 Å². The van der Waals surface area contributed by atoms with Crippen molar-refractivity contribution in [1.82, 2.24) is 4.90 Å². The van der Waals surface area contributed by atoms with E-state index in [1.807, 2.05) is 47.4 Å². The van der Waals surface area contributed by atoms with E-state index in [9.17, 15) is 9.90 Å². The number of para-hydroxylation sites is 1. The monoisotopic (exact) mass is 452 g/mol. The van der Waals surface area contributed by atoms with E-state index in [-0.39, 0.29) is 19.1 Å². The molecule has 0 saturated carbocycles. The van der Waals surface area contributed by atoms with E-state index in [2.05, 4.69) is 0 Å². The first kappa shape index (κ1) is 23.4. The molecule has 1 amide bonds. The Bertz CT molecular complexity index is 912. The molecule has 1 heterocycles. The van der Waals surface area contributed by atoms with Crippen LogP contribution in [0.3, 0.4) is 0 Å². The molecule has 3 N–H and O–H groups in total. The molecule has 178 valence electrons. The summed E-state index contributed by atoms with van der Waals surface area (Å²) in [5.74, 6) is 1.83. The van der Waals surface area contributed by atoms with Crippen LogP contribution in [0.15, 0.2) is 42.5 Å². The number of benzene rings is 2. The number of ether oxygens (including phenoxy) is 2. The topological polar surface area (TPSA) is 85.0 Å². The van der Waals surface area contributed by atoms with Gasteiger partial charge in [0.1, 0.15) is 18.1 Å². The zero-order chi connectivity index (χ0) is 23.0.